The van der Waals surface area contributed by atoms with Crippen LogP contribution in [0.1, 0.15) is 21.1 Å². The van der Waals surface area contributed by atoms with Gasteiger partial charge in [0.1, 0.15) is 0 Å². The third kappa shape index (κ3) is 2.91. The minimum atomic E-state index is -0.743. The molecule has 0 N–H and O–H groups in total. The molecule has 0 saturated heterocycles. The second-order valence-corrected chi connectivity index (χ2v) is 3.23. The van der Waals surface area contributed by atoms with Crippen LogP contribution in [0, 0.1) is 0 Å². The third-order valence-corrected chi connectivity index (χ3v) is 2.10. The van der Waals surface area contributed by atoms with Gasteiger partial charge in [-0.3, -0.25) is 0 Å². The molecule has 2 rings (SSSR count). The molecule has 2 aromatic rings. The summed E-state index contributed by atoms with van der Waals surface area (Å²) in [6.07, 6.45) is 2.66. The lowest BCUT2D eigenvalue weighted by atomic mass is 10.5. The van der Waals surface area contributed by atoms with Crippen LogP contribution in [0.2, 0.25) is 0 Å². The second-order valence-electron chi connectivity index (χ2n) is 2.76. The van der Waals surface area contributed by atoms with E-state index in [1.54, 1.807) is 0 Å². The quantitative estimate of drug-likeness (QED) is 0.775. The van der Waals surface area contributed by atoms with Gasteiger partial charge in [-0.05, 0) is 24.3 Å². The standard InChI is InChI=1S/C10H6O6S/c11-9(7-3-1-5-13-7)15-17-16-10(12)8-4-2-6-14-8/h1-6H. The highest BCUT2D eigenvalue weighted by atomic mass is 32.2. The summed E-state index contributed by atoms with van der Waals surface area (Å²) in [5, 5.41) is 0. The van der Waals surface area contributed by atoms with Gasteiger partial charge in [0.05, 0.1) is 12.5 Å². The monoisotopic (exact) mass is 254 g/mol. The van der Waals surface area contributed by atoms with E-state index in [2.05, 4.69) is 8.37 Å². The van der Waals surface area contributed by atoms with E-state index in [9.17, 15) is 9.59 Å². The lowest BCUT2D eigenvalue weighted by Crippen LogP contribution is -2.02. The molecule has 0 atom stereocenters. The Kier molecular flexibility index (Phi) is 3.51. The van der Waals surface area contributed by atoms with Crippen LogP contribution in [0.15, 0.2) is 45.6 Å². The van der Waals surface area contributed by atoms with Gasteiger partial charge in [-0.1, -0.05) is 0 Å². The largest absolute Gasteiger partial charge is 0.457 e. The van der Waals surface area contributed by atoms with Gasteiger partial charge in [0.15, 0.2) is 0 Å². The molecule has 2 heterocycles. The minimum absolute atomic E-state index is 0.0200. The van der Waals surface area contributed by atoms with Gasteiger partial charge in [0, 0.05) is 0 Å². The summed E-state index contributed by atoms with van der Waals surface area (Å²) in [6, 6.07) is 5.93. The summed E-state index contributed by atoms with van der Waals surface area (Å²) < 4.78 is 18.7. The number of rotatable bonds is 4. The predicted octanol–water partition coefficient (Wildman–Crippen LogP) is 2.45. The molecule has 0 aliphatic carbocycles. The Labute approximate surface area is 99.9 Å². The van der Waals surface area contributed by atoms with Crippen molar-refractivity contribution in [1.82, 2.24) is 0 Å². The van der Waals surface area contributed by atoms with E-state index in [4.69, 9.17) is 8.83 Å². The lowest BCUT2D eigenvalue weighted by Gasteiger charge is -1.98. The van der Waals surface area contributed by atoms with Gasteiger partial charge < -0.3 is 17.2 Å². The summed E-state index contributed by atoms with van der Waals surface area (Å²) in [5.41, 5.74) is 0. The zero-order chi connectivity index (χ0) is 12.1. The average Bonchev–Trinajstić information content (AvgIpc) is 3.02. The highest BCUT2D eigenvalue weighted by Gasteiger charge is 2.15. The van der Waals surface area contributed by atoms with Crippen molar-refractivity contribution in [2.75, 3.05) is 0 Å². The molecule has 0 radical (unpaired) electrons. The molecule has 0 bridgehead atoms. The van der Waals surface area contributed by atoms with Crippen molar-refractivity contribution >= 4 is 24.3 Å². The van der Waals surface area contributed by atoms with E-state index in [0.717, 1.165) is 0 Å². The summed E-state index contributed by atoms with van der Waals surface area (Å²) in [7, 11) is 0. The molecular weight excluding hydrogens is 248 g/mol. The normalized spacial score (nSPS) is 9.88. The van der Waals surface area contributed by atoms with E-state index in [1.807, 2.05) is 0 Å². The van der Waals surface area contributed by atoms with Crippen LogP contribution in [0.25, 0.3) is 0 Å². The van der Waals surface area contributed by atoms with Crippen molar-refractivity contribution < 1.29 is 26.8 Å². The lowest BCUT2D eigenvalue weighted by molar-refractivity contribution is 0.0668. The third-order valence-electron chi connectivity index (χ3n) is 1.66. The maximum absolute atomic E-state index is 11.2. The van der Waals surface area contributed by atoms with E-state index < -0.39 is 11.9 Å². The number of furan rings is 2. The smallest absolute Gasteiger partial charge is 0.388 e. The van der Waals surface area contributed by atoms with Crippen molar-refractivity contribution in [3.63, 3.8) is 0 Å². The van der Waals surface area contributed by atoms with Crippen LogP contribution in [-0.2, 0) is 8.37 Å². The molecule has 0 spiro atoms. The molecule has 0 amide bonds. The number of carbonyl (C=O) groups is 2. The van der Waals surface area contributed by atoms with Gasteiger partial charge in [-0.25, -0.2) is 9.59 Å². The molecule has 0 aliphatic heterocycles. The Morgan fingerprint density at radius 1 is 0.941 bits per heavy atom. The molecule has 17 heavy (non-hydrogen) atoms. The Hall–Kier alpha value is -2.15. The molecular formula is C10H6O6S. The molecule has 2 aromatic heterocycles. The number of hydrogen-bond acceptors (Lipinski definition) is 7. The maximum atomic E-state index is 11.2. The average molecular weight is 254 g/mol. The SMILES string of the molecule is O=C(OSOC(=O)c1ccco1)c1ccco1. The topological polar surface area (TPSA) is 78.9 Å². The zero-order valence-electron chi connectivity index (χ0n) is 8.32. The molecule has 0 saturated carbocycles. The van der Waals surface area contributed by atoms with Crippen LogP contribution in [-0.4, -0.2) is 11.9 Å². The Morgan fingerprint density at radius 3 is 1.76 bits per heavy atom. The van der Waals surface area contributed by atoms with Crippen LogP contribution in [0.3, 0.4) is 0 Å². The highest BCUT2D eigenvalue weighted by Crippen LogP contribution is 2.14. The molecule has 88 valence electrons. The van der Waals surface area contributed by atoms with Crippen molar-refractivity contribution in [1.29, 1.82) is 0 Å². The molecule has 0 aromatic carbocycles. The molecule has 7 heteroatoms. The van der Waals surface area contributed by atoms with Crippen LogP contribution >= 0.6 is 12.3 Å². The van der Waals surface area contributed by atoms with Crippen molar-refractivity contribution in [2.24, 2.45) is 0 Å². The van der Waals surface area contributed by atoms with E-state index >= 15 is 0 Å². The summed E-state index contributed by atoms with van der Waals surface area (Å²) in [5.74, 6) is -1.45. The Morgan fingerprint density at radius 2 is 1.41 bits per heavy atom. The second kappa shape index (κ2) is 5.26. The first kappa shape index (κ1) is 11.3. The van der Waals surface area contributed by atoms with Gasteiger partial charge in [0.25, 0.3) is 12.3 Å². The molecule has 6 nitrogen and oxygen atoms in total. The maximum Gasteiger partial charge on any atom is 0.388 e. The van der Waals surface area contributed by atoms with Crippen molar-refractivity contribution in [2.45, 2.75) is 0 Å². The summed E-state index contributed by atoms with van der Waals surface area (Å²) in [6.45, 7) is 0. The summed E-state index contributed by atoms with van der Waals surface area (Å²) >= 11 is 0.247. The fourth-order valence-electron chi connectivity index (χ4n) is 0.950. The van der Waals surface area contributed by atoms with Gasteiger partial charge >= 0.3 is 11.9 Å². The first-order chi connectivity index (χ1) is 8.27. The van der Waals surface area contributed by atoms with E-state index in [1.165, 1.54) is 36.8 Å². The van der Waals surface area contributed by atoms with Crippen LogP contribution < -0.4 is 0 Å². The summed E-state index contributed by atoms with van der Waals surface area (Å²) in [4.78, 5) is 22.4. The van der Waals surface area contributed by atoms with Gasteiger partial charge in [-0.2, -0.15) is 0 Å². The molecule has 0 aliphatic rings. The van der Waals surface area contributed by atoms with Gasteiger partial charge in [0.2, 0.25) is 11.5 Å². The highest BCUT2D eigenvalue weighted by molar-refractivity contribution is 7.90. The van der Waals surface area contributed by atoms with E-state index in [0.29, 0.717) is 0 Å². The fraction of sp³-hybridized carbons (Fsp3) is 0. The van der Waals surface area contributed by atoms with E-state index in [-0.39, 0.29) is 23.8 Å². The minimum Gasteiger partial charge on any atom is -0.457 e. The van der Waals surface area contributed by atoms with Crippen LogP contribution in [0.4, 0.5) is 0 Å². The Bertz CT molecular complexity index is 441. The first-order valence-electron chi connectivity index (χ1n) is 4.44. The van der Waals surface area contributed by atoms with Crippen molar-refractivity contribution in [3.8, 4) is 0 Å². The van der Waals surface area contributed by atoms with Gasteiger partial charge in [-0.15, -0.1) is 0 Å². The number of hydrogen-bond donors (Lipinski definition) is 0. The first-order valence-corrected chi connectivity index (χ1v) is 5.11. The predicted molar refractivity (Wildman–Crippen MR) is 55.8 cm³/mol. The molecule has 0 unspecified atom stereocenters. The molecule has 0 fully saturated rings. The number of carbonyl (C=O) groups excluding carboxylic acids is 2. The Balaban J connectivity index is 1.77. The van der Waals surface area contributed by atoms with Crippen molar-refractivity contribution in [3.05, 3.63) is 48.3 Å². The fourth-order valence-corrected chi connectivity index (χ4v) is 1.27. The zero-order valence-corrected chi connectivity index (χ0v) is 9.14. The van der Waals surface area contributed by atoms with Crippen LogP contribution in [0.5, 0.6) is 0 Å².